The van der Waals surface area contributed by atoms with Crippen molar-refractivity contribution < 1.29 is 38.1 Å². The van der Waals surface area contributed by atoms with Crippen molar-refractivity contribution in [2.24, 2.45) is 0 Å². The monoisotopic (exact) mass is 473 g/mol. The molecule has 1 aromatic heterocycles. The third-order valence-corrected chi connectivity index (χ3v) is 5.37. The third kappa shape index (κ3) is 8.71. The van der Waals surface area contributed by atoms with Crippen molar-refractivity contribution in [1.82, 2.24) is 14.9 Å². The summed E-state index contributed by atoms with van der Waals surface area (Å²) in [4.78, 5) is 48.9. The van der Waals surface area contributed by atoms with Crippen LogP contribution in [0, 0.1) is 0 Å². The number of nitrogens with one attached hydrogen (secondary N) is 1. The van der Waals surface area contributed by atoms with E-state index in [0.29, 0.717) is 19.3 Å². The number of unbranched alkanes of at least 4 members (excludes halogenated alkanes) is 2. The molecule has 1 aliphatic heterocycles. The van der Waals surface area contributed by atoms with Gasteiger partial charge in [0.2, 0.25) is 0 Å². The standard InChI is InChI=1S/C17H27BN4O9P/c1-11-9-28-32(18,27)29-10-12(15(30-11)22-8-6-13(19)21-16(22)25)31-17(26)20-7-4-2-3-5-14(23)24/h6,8,11-12,15,27H,2-5,7,9-10H2,1H3,(H,20,26)(H,23,24)(H2,19,21,25)/q+1/t11-,12-,15+,32?/m0/s1. The van der Waals surface area contributed by atoms with E-state index in [1.54, 1.807) is 6.92 Å². The number of ether oxygens (including phenoxy) is 2. The van der Waals surface area contributed by atoms with E-state index in [-0.39, 0.29) is 25.4 Å². The van der Waals surface area contributed by atoms with Gasteiger partial charge in [0.25, 0.3) is 0 Å². The van der Waals surface area contributed by atoms with E-state index in [2.05, 4.69) is 10.3 Å². The summed E-state index contributed by atoms with van der Waals surface area (Å²) in [5.74, 6) is -0.876. The Bertz CT molecular complexity index is 840. The lowest BCUT2D eigenvalue weighted by atomic mass is 10.2. The maximum absolute atomic E-state index is 12.4. The third-order valence-electron chi connectivity index (χ3n) is 4.33. The molecule has 1 fully saturated rings. The number of hydrogen-bond acceptors (Lipinski definition) is 10. The molecule has 32 heavy (non-hydrogen) atoms. The average Bonchev–Trinajstić information content (AvgIpc) is 2.75. The molecular formula is C17H27BN4O9P+. The van der Waals surface area contributed by atoms with Gasteiger partial charge in [-0.15, -0.1) is 0 Å². The summed E-state index contributed by atoms with van der Waals surface area (Å²) in [7, 11) is 1.93. The van der Waals surface area contributed by atoms with E-state index in [0.717, 1.165) is 4.57 Å². The van der Waals surface area contributed by atoms with Crippen LogP contribution in [0.15, 0.2) is 17.1 Å². The van der Waals surface area contributed by atoms with Gasteiger partial charge in [-0.25, -0.2) is 14.5 Å². The number of amides is 1. The molecule has 0 aromatic carbocycles. The molecule has 2 rings (SSSR count). The first-order valence-corrected chi connectivity index (χ1v) is 11.6. The predicted octanol–water partition coefficient (Wildman–Crippen LogP) is 0.354. The summed E-state index contributed by atoms with van der Waals surface area (Å²) in [5.41, 5.74) is 4.80. The first-order valence-electron chi connectivity index (χ1n) is 9.93. The van der Waals surface area contributed by atoms with Gasteiger partial charge in [0, 0.05) is 19.2 Å². The van der Waals surface area contributed by atoms with Crippen LogP contribution < -0.4 is 16.7 Å². The van der Waals surface area contributed by atoms with Crippen molar-refractivity contribution in [2.45, 2.75) is 51.0 Å². The first-order chi connectivity index (χ1) is 15.1. The van der Waals surface area contributed by atoms with Gasteiger partial charge in [-0.3, -0.25) is 9.36 Å². The van der Waals surface area contributed by atoms with Gasteiger partial charge >= 0.3 is 33.1 Å². The molecule has 0 spiro atoms. The molecule has 4 atom stereocenters. The number of carbonyl (C=O) groups excluding carboxylic acids is 1. The highest BCUT2D eigenvalue weighted by molar-refractivity contribution is 7.85. The number of nitrogens with two attached hydrogens (primary N) is 1. The molecule has 2 heterocycles. The normalized spacial score (nSPS) is 26.4. The second-order valence-electron chi connectivity index (χ2n) is 7.11. The highest BCUT2D eigenvalue weighted by Crippen LogP contribution is 2.52. The zero-order valence-corrected chi connectivity index (χ0v) is 18.5. The van der Waals surface area contributed by atoms with Gasteiger partial charge in [0.1, 0.15) is 19.0 Å². The zero-order chi connectivity index (χ0) is 23.7. The number of nitrogens with zero attached hydrogens (tertiary/aromatic N) is 2. The molecule has 1 unspecified atom stereocenters. The van der Waals surface area contributed by atoms with Gasteiger partial charge in [-0.1, -0.05) is 6.42 Å². The lowest BCUT2D eigenvalue weighted by molar-refractivity contribution is -0.137. The number of anilines is 1. The van der Waals surface area contributed by atoms with E-state index < -0.39 is 50.6 Å². The smallest absolute Gasteiger partial charge is 0.481 e. The minimum absolute atomic E-state index is 0.00215. The highest BCUT2D eigenvalue weighted by atomic mass is 31.2. The van der Waals surface area contributed by atoms with Crippen LogP contribution in [-0.2, 0) is 23.3 Å². The Morgan fingerprint density at radius 1 is 1.38 bits per heavy atom. The highest BCUT2D eigenvalue weighted by Gasteiger charge is 2.41. The van der Waals surface area contributed by atoms with E-state index >= 15 is 0 Å². The number of hydrogen-bond donors (Lipinski definition) is 4. The Kier molecular flexibility index (Phi) is 9.85. The Morgan fingerprint density at radius 2 is 2.09 bits per heavy atom. The van der Waals surface area contributed by atoms with Gasteiger partial charge < -0.3 is 25.6 Å². The van der Waals surface area contributed by atoms with Gasteiger partial charge in [0.15, 0.2) is 12.3 Å². The van der Waals surface area contributed by atoms with E-state index in [4.69, 9.17) is 36.9 Å². The molecule has 176 valence electrons. The summed E-state index contributed by atoms with van der Waals surface area (Å²) in [6, 6.07) is 1.37. The molecule has 5 N–H and O–H groups in total. The summed E-state index contributed by atoms with van der Waals surface area (Å²) >= 11 is 0. The van der Waals surface area contributed by atoms with Crippen LogP contribution in [0.1, 0.15) is 38.8 Å². The maximum atomic E-state index is 12.4. The Morgan fingerprint density at radius 3 is 2.78 bits per heavy atom. The number of aliphatic carboxylic acids is 1. The van der Waals surface area contributed by atoms with Crippen LogP contribution in [0.3, 0.4) is 0 Å². The van der Waals surface area contributed by atoms with E-state index in [1.165, 1.54) is 12.3 Å². The van der Waals surface area contributed by atoms with Crippen molar-refractivity contribution in [3.8, 4) is 0 Å². The minimum Gasteiger partial charge on any atom is -0.481 e. The second kappa shape index (κ2) is 12.1. The molecule has 0 bridgehead atoms. The second-order valence-corrected chi connectivity index (χ2v) is 8.75. The molecule has 1 aliphatic rings. The van der Waals surface area contributed by atoms with Crippen molar-refractivity contribution in [2.75, 3.05) is 25.5 Å². The van der Waals surface area contributed by atoms with Gasteiger partial charge in [-0.05, 0) is 25.8 Å². The van der Waals surface area contributed by atoms with Crippen LogP contribution in [0.2, 0.25) is 0 Å². The van der Waals surface area contributed by atoms with Crippen molar-refractivity contribution in [3.63, 3.8) is 0 Å². The lowest BCUT2D eigenvalue weighted by Gasteiger charge is -2.28. The molecule has 0 saturated carbocycles. The van der Waals surface area contributed by atoms with Crippen LogP contribution in [0.4, 0.5) is 10.6 Å². The maximum Gasteiger partial charge on any atom is 0.488 e. The first kappa shape index (κ1) is 26.0. The molecule has 2 radical (unpaired) electrons. The number of alkyl carbamates (subject to hydrolysis) is 1. The molecular weight excluding hydrogens is 446 g/mol. The molecule has 1 saturated heterocycles. The fourth-order valence-electron chi connectivity index (χ4n) is 2.78. The fraction of sp³-hybridized carbons (Fsp3) is 0.647. The van der Waals surface area contributed by atoms with Crippen molar-refractivity contribution in [1.29, 1.82) is 0 Å². The summed E-state index contributed by atoms with van der Waals surface area (Å²) in [6.07, 6.45) is -0.834. The van der Waals surface area contributed by atoms with E-state index in [1.807, 2.05) is 0 Å². The van der Waals surface area contributed by atoms with Crippen LogP contribution in [0.5, 0.6) is 0 Å². The van der Waals surface area contributed by atoms with Crippen molar-refractivity contribution in [3.05, 3.63) is 22.7 Å². The summed E-state index contributed by atoms with van der Waals surface area (Å²) in [5, 5.41) is 11.2. The van der Waals surface area contributed by atoms with Crippen LogP contribution in [0.25, 0.3) is 0 Å². The molecule has 13 nitrogen and oxygen atoms in total. The van der Waals surface area contributed by atoms with Crippen LogP contribution in [-0.4, -0.2) is 71.1 Å². The van der Waals surface area contributed by atoms with Crippen LogP contribution >= 0.6 is 7.82 Å². The summed E-state index contributed by atoms with van der Waals surface area (Å²) < 4.78 is 22.7. The zero-order valence-electron chi connectivity index (χ0n) is 17.6. The topological polar surface area (TPSA) is 184 Å². The fourth-order valence-corrected chi connectivity index (χ4v) is 3.64. The number of carboxylic acid groups (broad SMARTS) is 1. The Labute approximate surface area is 186 Å². The molecule has 1 amide bonds. The van der Waals surface area contributed by atoms with E-state index in [9.17, 15) is 19.3 Å². The predicted molar refractivity (Wildman–Crippen MR) is 114 cm³/mol. The molecule has 15 heteroatoms. The molecule has 0 aliphatic carbocycles. The average molecular weight is 473 g/mol. The number of nitrogen functional groups attached to an aromatic ring is 1. The Balaban J connectivity index is 2.10. The summed E-state index contributed by atoms with van der Waals surface area (Å²) in [6.45, 7) is 1.29. The van der Waals surface area contributed by atoms with Gasteiger partial charge in [0.05, 0.1) is 6.10 Å². The SMILES string of the molecule is [B][P+]1(O)OC[C@H](OC(=O)NCCCCCC(=O)O)[C@H](n2ccc(N)nc2=O)O[C@@H](C)CO1. The van der Waals surface area contributed by atoms with Crippen molar-refractivity contribution >= 4 is 33.3 Å². The lowest BCUT2D eigenvalue weighted by Crippen LogP contribution is -2.43. The number of carbonyl (C=O) groups is 2. The number of aromatic nitrogens is 2. The van der Waals surface area contributed by atoms with Gasteiger partial charge in [-0.2, -0.15) is 14.0 Å². The minimum atomic E-state index is -3.70. The quantitative estimate of drug-likeness (QED) is 0.232. The molecule has 1 aromatic rings. The number of rotatable bonds is 8. The number of carboxylic acids is 1. The largest absolute Gasteiger partial charge is 0.488 e. The Hall–Kier alpha value is -2.25.